The van der Waals surface area contributed by atoms with Gasteiger partial charge in [0.25, 0.3) is 5.91 Å². The van der Waals surface area contributed by atoms with Gasteiger partial charge in [-0.1, -0.05) is 24.0 Å². The van der Waals surface area contributed by atoms with Gasteiger partial charge in [-0.2, -0.15) is 0 Å². The molecular weight excluding hydrogens is 526 g/mol. The van der Waals surface area contributed by atoms with Crippen LogP contribution in [0.3, 0.4) is 0 Å². The normalized spacial score (nSPS) is 29.0. The van der Waals surface area contributed by atoms with Gasteiger partial charge in [0.15, 0.2) is 11.4 Å². The first-order chi connectivity index (χ1) is 19.3. The molecule has 0 spiro atoms. The molecule has 1 aromatic rings. The number of aromatic hydroxyl groups is 1. The van der Waals surface area contributed by atoms with Crippen molar-refractivity contribution in [2.24, 2.45) is 23.5 Å². The second-order valence-electron chi connectivity index (χ2n) is 11.7. The number of carbonyl (C=O) groups excluding carboxylic acids is 3. The molecule has 5 rings (SSSR count). The zero-order valence-corrected chi connectivity index (χ0v) is 23.6. The van der Waals surface area contributed by atoms with Gasteiger partial charge in [-0.3, -0.25) is 19.3 Å². The molecule has 216 valence electrons. The summed E-state index contributed by atoms with van der Waals surface area (Å²) in [5.41, 5.74) is 3.32. The van der Waals surface area contributed by atoms with Gasteiger partial charge in [-0.15, -0.1) is 0 Å². The SMILES string of the molecule is CN(C)c1cc(C#CC2C=CCCC2)c(O)c2c1CC1CC3C(N(C)C)C(=O)C(C(N)=O)=C(O)C3(O)C(=O)C1=C2O. The molecule has 1 fully saturated rings. The number of aliphatic hydroxyl groups excluding tert-OH is 2. The van der Waals surface area contributed by atoms with Crippen molar-refractivity contribution in [1.82, 2.24) is 4.90 Å². The number of Topliss-reactive ketones (excluding diaryl/α,β-unsaturated/α-hetero) is 2. The van der Waals surface area contributed by atoms with E-state index in [1.165, 1.54) is 4.90 Å². The number of phenolic OH excluding ortho intramolecular Hbond substituents is 1. The predicted molar refractivity (Wildman–Crippen MR) is 152 cm³/mol. The fourth-order valence-electron chi connectivity index (χ4n) is 6.89. The summed E-state index contributed by atoms with van der Waals surface area (Å²) in [4.78, 5) is 42.8. The standard InChI is InChI=1S/C31H35N3O7/c1-33(2)20-14-16(11-10-15-8-6-5-7-9-15)25(35)22-18(20)12-17-13-19-24(34(3)4)27(37)23(30(32)40)29(39)31(19,41)28(38)21(17)26(22)36/h6,8,14-15,17,19,24,35-36,39,41H,5,7,9,12-13H2,1-4H3,(H2,32,40). The van der Waals surface area contributed by atoms with E-state index in [1.807, 2.05) is 25.1 Å². The Morgan fingerprint density at radius 3 is 2.44 bits per heavy atom. The number of fused-ring (bicyclic) bond motifs is 3. The van der Waals surface area contributed by atoms with E-state index >= 15 is 0 Å². The molecule has 41 heavy (non-hydrogen) atoms. The molecule has 6 N–H and O–H groups in total. The number of benzene rings is 1. The van der Waals surface area contributed by atoms with Crippen LogP contribution in [-0.2, 0) is 20.8 Å². The van der Waals surface area contributed by atoms with Crippen LogP contribution in [-0.4, -0.2) is 82.6 Å². The fourth-order valence-corrected chi connectivity index (χ4v) is 6.89. The van der Waals surface area contributed by atoms with Crippen molar-refractivity contribution in [2.45, 2.75) is 43.7 Å². The Morgan fingerprint density at radius 1 is 1.15 bits per heavy atom. The maximum absolute atomic E-state index is 14.1. The highest BCUT2D eigenvalue weighted by atomic mass is 16.3. The summed E-state index contributed by atoms with van der Waals surface area (Å²) in [5, 5.41) is 45.7. The second-order valence-corrected chi connectivity index (χ2v) is 11.7. The number of likely N-dealkylation sites (N-methyl/N-ethyl adjacent to an activating group) is 1. The zero-order chi connectivity index (χ0) is 30.0. The minimum Gasteiger partial charge on any atom is -0.508 e. The van der Waals surface area contributed by atoms with Crippen molar-refractivity contribution in [3.05, 3.63) is 51.8 Å². The van der Waals surface area contributed by atoms with E-state index in [9.17, 15) is 34.8 Å². The minimum atomic E-state index is -2.67. The number of hydrogen-bond acceptors (Lipinski definition) is 9. The van der Waals surface area contributed by atoms with Gasteiger partial charge in [-0.05, 0) is 63.7 Å². The first-order valence-corrected chi connectivity index (χ1v) is 13.7. The molecule has 4 aliphatic rings. The lowest BCUT2D eigenvalue weighted by molar-refractivity contribution is -0.153. The highest BCUT2D eigenvalue weighted by molar-refractivity contribution is 6.24. The Labute approximate surface area is 238 Å². The number of carbonyl (C=O) groups is 3. The summed E-state index contributed by atoms with van der Waals surface area (Å²) >= 11 is 0. The summed E-state index contributed by atoms with van der Waals surface area (Å²) < 4.78 is 0. The molecule has 0 aliphatic heterocycles. The number of nitrogens with two attached hydrogens (primary N) is 1. The number of allylic oxidation sites excluding steroid dienone is 2. The van der Waals surface area contributed by atoms with Crippen LogP contribution in [0.4, 0.5) is 5.69 Å². The maximum Gasteiger partial charge on any atom is 0.255 e. The molecule has 5 unspecified atom stereocenters. The summed E-state index contributed by atoms with van der Waals surface area (Å²) in [6.45, 7) is 0. The lowest BCUT2D eigenvalue weighted by Gasteiger charge is -2.50. The van der Waals surface area contributed by atoms with E-state index in [1.54, 1.807) is 20.2 Å². The third kappa shape index (κ3) is 4.23. The molecule has 0 heterocycles. The van der Waals surface area contributed by atoms with Gasteiger partial charge in [0.1, 0.15) is 22.8 Å². The van der Waals surface area contributed by atoms with E-state index < -0.39 is 58.0 Å². The van der Waals surface area contributed by atoms with E-state index in [4.69, 9.17) is 5.73 Å². The molecule has 1 saturated carbocycles. The number of amides is 1. The van der Waals surface area contributed by atoms with Gasteiger partial charge in [0.2, 0.25) is 5.78 Å². The molecule has 10 nitrogen and oxygen atoms in total. The third-order valence-electron chi connectivity index (χ3n) is 8.83. The van der Waals surface area contributed by atoms with E-state index in [2.05, 4.69) is 17.9 Å². The van der Waals surface area contributed by atoms with Crippen LogP contribution in [0.5, 0.6) is 5.75 Å². The Hall–Kier alpha value is -4.07. The van der Waals surface area contributed by atoms with E-state index in [0.29, 0.717) is 11.3 Å². The smallest absolute Gasteiger partial charge is 0.255 e. The van der Waals surface area contributed by atoms with E-state index in [-0.39, 0.29) is 41.2 Å². The lowest BCUT2D eigenvalue weighted by Crippen LogP contribution is -2.65. The summed E-state index contributed by atoms with van der Waals surface area (Å²) in [7, 11) is 6.79. The van der Waals surface area contributed by atoms with Crippen molar-refractivity contribution >= 4 is 28.9 Å². The van der Waals surface area contributed by atoms with Crippen LogP contribution in [0.25, 0.3) is 5.76 Å². The summed E-state index contributed by atoms with van der Waals surface area (Å²) in [6, 6.07) is 0.633. The highest BCUT2D eigenvalue weighted by Crippen LogP contribution is 2.54. The molecule has 10 heteroatoms. The minimum absolute atomic E-state index is 0.0367. The number of ketones is 2. The molecule has 0 radical (unpaired) electrons. The summed E-state index contributed by atoms with van der Waals surface area (Å²) in [5.74, 6) is -0.493. The molecule has 4 aliphatic carbocycles. The molecule has 0 aromatic heterocycles. The van der Waals surface area contributed by atoms with Gasteiger partial charge in [-0.25, -0.2) is 0 Å². The number of aliphatic hydroxyl groups is 3. The van der Waals surface area contributed by atoms with Crippen LogP contribution < -0.4 is 10.6 Å². The summed E-state index contributed by atoms with van der Waals surface area (Å²) in [6.07, 6.45) is 7.31. The van der Waals surface area contributed by atoms with Crippen molar-refractivity contribution in [1.29, 1.82) is 0 Å². The number of primary amides is 1. The quantitative estimate of drug-likeness (QED) is 0.210. The largest absolute Gasteiger partial charge is 0.508 e. The zero-order valence-electron chi connectivity index (χ0n) is 23.6. The Bertz CT molecular complexity index is 1520. The average Bonchev–Trinajstić information content (AvgIpc) is 2.90. The average molecular weight is 562 g/mol. The van der Waals surface area contributed by atoms with Gasteiger partial charge >= 0.3 is 0 Å². The van der Waals surface area contributed by atoms with Crippen molar-refractivity contribution in [3.63, 3.8) is 0 Å². The van der Waals surface area contributed by atoms with Gasteiger partial charge in [0, 0.05) is 37.2 Å². The first kappa shape index (κ1) is 28.5. The monoisotopic (exact) mass is 561 g/mol. The predicted octanol–water partition coefficient (Wildman–Crippen LogP) is 1.74. The Balaban J connectivity index is 1.71. The van der Waals surface area contributed by atoms with Crippen LogP contribution >= 0.6 is 0 Å². The topological polar surface area (TPSA) is 165 Å². The van der Waals surface area contributed by atoms with Crippen molar-refractivity contribution in [3.8, 4) is 17.6 Å². The second kappa shape index (κ2) is 10.1. The van der Waals surface area contributed by atoms with Crippen LogP contribution in [0.1, 0.15) is 42.4 Å². The molecule has 1 aromatic carbocycles. The van der Waals surface area contributed by atoms with Crippen LogP contribution in [0.2, 0.25) is 0 Å². The fraction of sp³-hybridized carbons (Fsp3) is 0.452. The first-order valence-electron chi connectivity index (χ1n) is 13.7. The number of phenols is 1. The number of anilines is 1. The molecular formula is C31H35N3O7. The molecule has 0 saturated heterocycles. The molecule has 5 atom stereocenters. The highest BCUT2D eigenvalue weighted by Gasteiger charge is 2.64. The van der Waals surface area contributed by atoms with Gasteiger partial charge in [0.05, 0.1) is 17.2 Å². The Kier molecular flexibility index (Phi) is 7.00. The van der Waals surface area contributed by atoms with Crippen molar-refractivity contribution < 1.29 is 34.8 Å². The van der Waals surface area contributed by atoms with E-state index in [0.717, 1.165) is 19.3 Å². The van der Waals surface area contributed by atoms with Crippen LogP contribution in [0, 0.1) is 29.6 Å². The number of hydrogen-bond donors (Lipinski definition) is 5. The molecule has 1 amide bonds. The number of rotatable bonds is 3. The van der Waals surface area contributed by atoms with Gasteiger partial charge < -0.3 is 31.1 Å². The lowest BCUT2D eigenvalue weighted by atomic mass is 9.57. The van der Waals surface area contributed by atoms with Crippen molar-refractivity contribution in [2.75, 3.05) is 33.1 Å². The maximum atomic E-state index is 14.1. The number of nitrogens with zero attached hydrogens (tertiary/aromatic N) is 2. The van der Waals surface area contributed by atoms with Crippen LogP contribution in [0.15, 0.2) is 35.1 Å². The Morgan fingerprint density at radius 2 is 1.85 bits per heavy atom. The molecule has 0 bridgehead atoms. The third-order valence-corrected chi connectivity index (χ3v) is 8.83.